The molecule has 0 unspecified atom stereocenters. The first-order chi connectivity index (χ1) is 9.40. The summed E-state index contributed by atoms with van der Waals surface area (Å²) in [4.78, 5) is 0. The zero-order valence-electron chi connectivity index (χ0n) is 11.0. The lowest BCUT2D eigenvalue weighted by atomic mass is 9.83. The molecule has 20 heavy (non-hydrogen) atoms. The van der Waals surface area contributed by atoms with Crippen molar-refractivity contribution in [1.82, 2.24) is 0 Å². The standard InChI is InChI=1S/C13H18ClNO4S/c14-11-3-1-2-4-12(11)19-9-13(10-20(15,16)17)5-7-18-8-6-13/h1-4H,5-10H2,(H2,15,16,17). The number of benzene rings is 1. The SMILES string of the molecule is NS(=O)(=O)CC1(COc2ccccc2Cl)CCOCC1. The third-order valence-electron chi connectivity index (χ3n) is 3.43. The summed E-state index contributed by atoms with van der Waals surface area (Å²) in [6, 6.07) is 7.11. The molecule has 0 spiro atoms. The second kappa shape index (κ2) is 6.30. The number of rotatable bonds is 5. The number of sulfonamides is 1. The molecule has 1 aliphatic heterocycles. The molecule has 1 aromatic carbocycles. The Labute approximate surface area is 124 Å². The molecule has 0 saturated carbocycles. The lowest BCUT2D eigenvalue weighted by molar-refractivity contribution is 0.00212. The van der Waals surface area contributed by atoms with Crippen molar-refractivity contribution in [3.63, 3.8) is 0 Å². The zero-order valence-corrected chi connectivity index (χ0v) is 12.6. The van der Waals surface area contributed by atoms with E-state index in [9.17, 15) is 8.42 Å². The van der Waals surface area contributed by atoms with E-state index in [0.717, 1.165) is 0 Å². The molecule has 0 aliphatic carbocycles. The van der Waals surface area contributed by atoms with Crippen molar-refractivity contribution in [3.8, 4) is 5.75 Å². The molecule has 0 amide bonds. The van der Waals surface area contributed by atoms with Crippen molar-refractivity contribution in [2.24, 2.45) is 10.6 Å². The molecule has 2 N–H and O–H groups in total. The van der Waals surface area contributed by atoms with Gasteiger partial charge in [0.1, 0.15) is 5.75 Å². The van der Waals surface area contributed by atoms with Gasteiger partial charge in [-0.2, -0.15) is 0 Å². The predicted octanol–water partition coefficient (Wildman–Crippen LogP) is 1.80. The van der Waals surface area contributed by atoms with Crippen LogP contribution in [0.25, 0.3) is 0 Å². The Hall–Kier alpha value is -0.820. The summed E-state index contributed by atoms with van der Waals surface area (Å²) < 4.78 is 33.9. The smallest absolute Gasteiger partial charge is 0.209 e. The number of hydrogen-bond donors (Lipinski definition) is 1. The first-order valence-corrected chi connectivity index (χ1v) is 8.45. The maximum absolute atomic E-state index is 11.4. The Balaban J connectivity index is 2.10. The zero-order chi connectivity index (χ0) is 14.6. The van der Waals surface area contributed by atoms with E-state index in [1.54, 1.807) is 12.1 Å². The summed E-state index contributed by atoms with van der Waals surface area (Å²) in [5, 5.41) is 5.71. The molecule has 1 heterocycles. The van der Waals surface area contributed by atoms with Crippen LogP contribution in [0.1, 0.15) is 12.8 Å². The second-order valence-electron chi connectivity index (χ2n) is 5.14. The monoisotopic (exact) mass is 319 g/mol. The van der Waals surface area contributed by atoms with Gasteiger partial charge in [-0.25, -0.2) is 13.6 Å². The van der Waals surface area contributed by atoms with E-state index < -0.39 is 15.4 Å². The van der Waals surface area contributed by atoms with Gasteiger partial charge in [-0.15, -0.1) is 0 Å². The Morgan fingerprint density at radius 2 is 1.95 bits per heavy atom. The molecule has 1 saturated heterocycles. The van der Waals surface area contributed by atoms with Gasteiger partial charge in [0.05, 0.1) is 17.4 Å². The third-order valence-corrected chi connectivity index (χ3v) is 4.76. The molecule has 7 heteroatoms. The summed E-state index contributed by atoms with van der Waals surface area (Å²) in [6.07, 6.45) is 1.21. The minimum Gasteiger partial charge on any atom is -0.491 e. The average Bonchev–Trinajstić information content (AvgIpc) is 2.37. The topological polar surface area (TPSA) is 78.6 Å². The molecule has 1 aliphatic rings. The van der Waals surface area contributed by atoms with Crippen LogP contribution in [0.4, 0.5) is 0 Å². The van der Waals surface area contributed by atoms with Crippen LogP contribution >= 0.6 is 11.6 Å². The maximum atomic E-state index is 11.4. The van der Waals surface area contributed by atoms with Gasteiger partial charge in [0, 0.05) is 18.6 Å². The fraction of sp³-hybridized carbons (Fsp3) is 0.538. The van der Waals surface area contributed by atoms with Crippen LogP contribution in [0.5, 0.6) is 5.75 Å². The molecular formula is C13H18ClNO4S. The minimum atomic E-state index is -3.57. The number of primary sulfonamides is 1. The van der Waals surface area contributed by atoms with Gasteiger partial charge in [-0.3, -0.25) is 0 Å². The van der Waals surface area contributed by atoms with Gasteiger partial charge in [-0.05, 0) is 25.0 Å². The first kappa shape index (κ1) is 15.6. The van der Waals surface area contributed by atoms with Crippen LogP contribution in [-0.4, -0.2) is 34.0 Å². The number of halogens is 1. The Morgan fingerprint density at radius 3 is 2.55 bits per heavy atom. The Bertz CT molecular complexity index is 555. The van der Waals surface area contributed by atoms with E-state index >= 15 is 0 Å². The highest BCUT2D eigenvalue weighted by Gasteiger charge is 2.37. The highest BCUT2D eigenvalue weighted by atomic mass is 35.5. The third kappa shape index (κ3) is 4.34. The van der Waals surface area contributed by atoms with Gasteiger partial charge >= 0.3 is 0 Å². The van der Waals surface area contributed by atoms with E-state index in [1.165, 1.54) is 0 Å². The molecule has 0 bridgehead atoms. The van der Waals surface area contributed by atoms with Crippen molar-refractivity contribution in [3.05, 3.63) is 29.3 Å². The lowest BCUT2D eigenvalue weighted by Gasteiger charge is -2.36. The molecular weight excluding hydrogens is 302 g/mol. The quantitative estimate of drug-likeness (QED) is 0.897. The fourth-order valence-corrected chi connectivity index (χ4v) is 3.77. The van der Waals surface area contributed by atoms with Crippen LogP contribution in [0.3, 0.4) is 0 Å². The molecule has 0 aromatic heterocycles. The molecule has 0 radical (unpaired) electrons. The van der Waals surface area contributed by atoms with Crippen LogP contribution in [0.15, 0.2) is 24.3 Å². The molecule has 112 valence electrons. The van der Waals surface area contributed by atoms with Crippen LogP contribution in [0, 0.1) is 5.41 Å². The minimum absolute atomic E-state index is 0.103. The molecule has 1 fully saturated rings. The summed E-state index contributed by atoms with van der Waals surface area (Å²) in [7, 11) is -3.57. The van der Waals surface area contributed by atoms with E-state index in [0.29, 0.717) is 36.8 Å². The molecule has 5 nitrogen and oxygen atoms in total. The average molecular weight is 320 g/mol. The second-order valence-corrected chi connectivity index (χ2v) is 7.16. The summed E-state index contributed by atoms with van der Waals surface area (Å²) in [6.45, 7) is 1.29. The van der Waals surface area contributed by atoms with E-state index in [1.807, 2.05) is 12.1 Å². The number of para-hydroxylation sites is 1. The highest BCUT2D eigenvalue weighted by Crippen LogP contribution is 2.34. The van der Waals surface area contributed by atoms with Crippen molar-refractivity contribution in [2.75, 3.05) is 25.6 Å². The van der Waals surface area contributed by atoms with Crippen LogP contribution < -0.4 is 9.88 Å². The largest absolute Gasteiger partial charge is 0.491 e. The number of nitrogens with two attached hydrogens (primary N) is 1. The van der Waals surface area contributed by atoms with Crippen molar-refractivity contribution in [2.45, 2.75) is 12.8 Å². The fourth-order valence-electron chi connectivity index (χ4n) is 2.35. The van der Waals surface area contributed by atoms with Gasteiger partial charge in [0.2, 0.25) is 10.0 Å². The van der Waals surface area contributed by atoms with Crippen molar-refractivity contribution < 1.29 is 17.9 Å². The number of ether oxygens (including phenoxy) is 2. The normalized spacial score (nSPS) is 18.7. The van der Waals surface area contributed by atoms with Gasteiger partial charge < -0.3 is 9.47 Å². The van der Waals surface area contributed by atoms with Crippen LogP contribution in [-0.2, 0) is 14.8 Å². The lowest BCUT2D eigenvalue weighted by Crippen LogP contribution is -2.42. The van der Waals surface area contributed by atoms with Crippen LogP contribution in [0.2, 0.25) is 5.02 Å². The van der Waals surface area contributed by atoms with Crippen molar-refractivity contribution >= 4 is 21.6 Å². The summed E-state index contributed by atoms with van der Waals surface area (Å²) in [5.41, 5.74) is -0.509. The highest BCUT2D eigenvalue weighted by molar-refractivity contribution is 7.89. The Kier molecular flexibility index (Phi) is 4.90. The van der Waals surface area contributed by atoms with E-state index in [4.69, 9.17) is 26.2 Å². The number of hydrogen-bond acceptors (Lipinski definition) is 4. The maximum Gasteiger partial charge on any atom is 0.209 e. The first-order valence-electron chi connectivity index (χ1n) is 6.36. The van der Waals surface area contributed by atoms with Gasteiger partial charge in [0.15, 0.2) is 0 Å². The van der Waals surface area contributed by atoms with E-state index in [2.05, 4.69) is 0 Å². The van der Waals surface area contributed by atoms with Crippen molar-refractivity contribution in [1.29, 1.82) is 0 Å². The molecule has 2 rings (SSSR count). The Morgan fingerprint density at radius 1 is 1.30 bits per heavy atom. The van der Waals surface area contributed by atoms with Gasteiger partial charge in [-0.1, -0.05) is 23.7 Å². The molecule has 1 aromatic rings. The summed E-state index contributed by atoms with van der Waals surface area (Å²) in [5.74, 6) is 0.447. The summed E-state index contributed by atoms with van der Waals surface area (Å²) >= 11 is 6.03. The van der Waals surface area contributed by atoms with Gasteiger partial charge in [0.25, 0.3) is 0 Å². The predicted molar refractivity (Wildman–Crippen MR) is 77.4 cm³/mol. The molecule has 0 atom stereocenters. The van der Waals surface area contributed by atoms with E-state index in [-0.39, 0.29) is 12.4 Å².